The van der Waals surface area contributed by atoms with Gasteiger partial charge < -0.3 is 5.32 Å². The number of anilines is 1. The van der Waals surface area contributed by atoms with E-state index in [0.717, 1.165) is 23.1 Å². The molecule has 0 fully saturated rings. The van der Waals surface area contributed by atoms with Crippen LogP contribution in [0, 0.1) is 3.57 Å². The zero-order valence-electron chi connectivity index (χ0n) is 9.34. The van der Waals surface area contributed by atoms with E-state index in [1.165, 1.54) is 13.5 Å². The molecule has 90 valence electrons. The Morgan fingerprint density at radius 3 is 2.94 bits per heavy atom. The maximum atomic E-state index is 4.35. The monoisotopic (exact) mass is 422 g/mol. The second kappa shape index (κ2) is 6.15. The Bertz CT molecular complexity index is 513. The number of thiazole rings is 1. The first kappa shape index (κ1) is 13.3. The van der Waals surface area contributed by atoms with E-state index in [1.54, 1.807) is 11.3 Å². The Morgan fingerprint density at radius 1 is 1.47 bits per heavy atom. The van der Waals surface area contributed by atoms with E-state index in [4.69, 9.17) is 0 Å². The highest BCUT2D eigenvalue weighted by Crippen LogP contribution is 2.25. The largest absolute Gasteiger partial charge is 0.379 e. The zero-order chi connectivity index (χ0) is 12.3. The van der Waals surface area contributed by atoms with Gasteiger partial charge in [-0.3, -0.25) is 0 Å². The van der Waals surface area contributed by atoms with E-state index >= 15 is 0 Å². The standard InChI is InChI=1S/C12H12BrIN2S/c1-2-12-16-7-9(17-12)6-15-11-4-3-8(14)5-10(11)13/h3-5,7,15H,2,6H2,1H3. The molecule has 5 heteroatoms. The minimum absolute atomic E-state index is 0.830. The molecule has 2 aromatic rings. The van der Waals surface area contributed by atoms with Crippen molar-refractivity contribution in [3.63, 3.8) is 0 Å². The van der Waals surface area contributed by atoms with Gasteiger partial charge in [0.2, 0.25) is 0 Å². The highest BCUT2D eigenvalue weighted by atomic mass is 127. The van der Waals surface area contributed by atoms with Gasteiger partial charge in [0.25, 0.3) is 0 Å². The Kier molecular flexibility index (Phi) is 4.81. The Labute approximate surface area is 127 Å². The predicted molar refractivity (Wildman–Crippen MR) is 85.7 cm³/mol. The van der Waals surface area contributed by atoms with Crippen LogP contribution >= 0.6 is 49.9 Å². The van der Waals surface area contributed by atoms with Crippen molar-refractivity contribution in [2.75, 3.05) is 5.32 Å². The number of nitrogens with one attached hydrogen (secondary N) is 1. The fourth-order valence-electron chi connectivity index (χ4n) is 1.41. The molecule has 1 aromatic carbocycles. The lowest BCUT2D eigenvalue weighted by Crippen LogP contribution is -1.98. The molecule has 17 heavy (non-hydrogen) atoms. The molecule has 1 N–H and O–H groups in total. The van der Waals surface area contributed by atoms with Crippen LogP contribution in [-0.2, 0) is 13.0 Å². The fraction of sp³-hybridized carbons (Fsp3) is 0.250. The van der Waals surface area contributed by atoms with Gasteiger partial charge in [-0.15, -0.1) is 11.3 Å². The minimum Gasteiger partial charge on any atom is -0.379 e. The van der Waals surface area contributed by atoms with Gasteiger partial charge in [-0.1, -0.05) is 6.92 Å². The second-order valence-electron chi connectivity index (χ2n) is 3.55. The first-order valence-corrected chi connectivity index (χ1v) is 8.00. The Hall–Kier alpha value is -0.140. The van der Waals surface area contributed by atoms with E-state index < -0.39 is 0 Å². The topological polar surface area (TPSA) is 24.9 Å². The average Bonchev–Trinajstić information content (AvgIpc) is 2.76. The van der Waals surface area contributed by atoms with Crippen molar-refractivity contribution in [2.45, 2.75) is 19.9 Å². The smallest absolute Gasteiger partial charge is 0.0925 e. The normalized spacial score (nSPS) is 10.5. The van der Waals surface area contributed by atoms with Crippen molar-refractivity contribution >= 4 is 55.5 Å². The molecule has 2 rings (SSSR count). The summed E-state index contributed by atoms with van der Waals surface area (Å²) in [6.45, 7) is 2.96. The molecule has 1 aromatic heterocycles. The summed E-state index contributed by atoms with van der Waals surface area (Å²) < 4.78 is 2.33. The molecule has 0 saturated heterocycles. The molecule has 0 spiro atoms. The summed E-state index contributed by atoms with van der Waals surface area (Å²) in [6.07, 6.45) is 2.97. The van der Waals surface area contributed by atoms with E-state index in [9.17, 15) is 0 Å². The third kappa shape index (κ3) is 3.66. The molecule has 1 heterocycles. The van der Waals surface area contributed by atoms with Crippen molar-refractivity contribution in [1.82, 2.24) is 4.98 Å². The van der Waals surface area contributed by atoms with Crippen molar-refractivity contribution in [1.29, 1.82) is 0 Å². The third-order valence-corrected chi connectivity index (χ3v) is 4.76. The summed E-state index contributed by atoms with van der Waals surface area (Å²) in [6, 6.07) is 6.29. The van der Waals surface area contributed by atoms with Crippen LogP contribution in [0.25, 0.3) is 0 Å². The van der Waals surface area contributed by atoms with Crippen molar-refractivity contribution < 1.29 is 0 Å². The summed E-state index contributed by atoms with van der Waals surface area (Å²) in [5.74, 6) is 0. The highest BCUT2D eigenvalue weighted by Gasteiger charge is 2.03. The molecule has 0 bridgehead atoms. The molecule has 0 radical (unpaired) electrons. The molecular weight excluding hydrogens is 411 g/mol. The van der Waals surface area contributed by atoms with Gasteiger partial charge in [-0.25, -0.2) is 4.98 Å². The lowest BCUT2D eigenvalue weighted by atomic mass is 10.3. The van der Waals surface area contributed by atoms with Crippen LogP contribution in [0.2, 0.25) is 0 Å². The van der Waals surface area contributed by atoms with Crippen LogP contribution in [-0.4, -0.2) is 4.98 Å². The molecule has 0 amide bonds. The number of rotatable bonds is 4. The van der Waals surface area contributed by atoms with Crippen LogP contribution in [0.15, 0.2) is 28.9 Å². The lowest BCUT2D eigenvalue weighted by Gasteiger charge is -2.07. The van der Waals surface area contributed by atoms with E-state index in [-0.39, 0.29) is 0 Å². The summed E-state index contributed by atoms with van der Waals surface area (Å²) in [5, 5.41) is 4.61. The predicted octanol–water partition coefficient (Wildman–Crippen LogP) is 4.68. The summed E-state index contributed by atoms with van der Waals surface area (Å²) in [7, 11) is 0. The number of aromatic nitrogens is 1. The maximum absolute atomic E-state index is 4.35. The Morgan fingerprint density at radius 2 is 2.29 bits per heavy atom. The Balaban J connectivity index is 2.02. The van der Waals surface area contributed by atoms with E-state index in [1.807, 2.05) is 6.20 Å². The number of nitrogens with zero attached hydrogens (tertiary/aromatic N) is 1. The molecule has 0 aliphatic heterocycles. The van der Waals surface area contributed by atoms with Crippen molar-refractivity contribution in [3.05, 3.63) is 42.3 Å². The van der Waals surface area contributed by atoms with Crippen LogP contribution in [0.1, 0.15) is 16.8 Å². The average molecular weight is 423 g/mol. The SMILES string of the molecule is CCc1ncc(CNc2ccc(I)cc2Br)s1. The van der Waals surface area contributed by atoms with E-state index in [2.05, 4.69) is 73.9 Å². The molecule has 0 aliphatic carbocycles. The molecule has 0 aliphatic rings. The first-order chi connectivity index (χ1) is 8.19. The van der Waals surface area contributed by atoms with Gasteiger partial charge in [-0.05, 0) is 63.1 Å². The van der Waals surface area contributed by atoms with Crippen LogP contribution in [0.4, 0.5) is 5.69 Å². The first-order valence-electron chi connectivity index (χ1n) is 5.31. The summed E-state index contributed by atoms with van der Waals surface area (Å²) in [4.78, 5) is 5.62. The number of hydrogen-bond acceptors (Lipinski definition) is 3. The van der Waals surface area contributed by atoms with Crippen molar-refractivity contribution in [3.8, 4) is 0 Å². The van der Waals surface area contributed by atoms with Gasteiger partial charge in [0.1, 0.15) is 0 Å². The zero-order valence-corrected chi connectivity index (χ0v) is 13.9. The van der Waals surface area contributed by atoms with Gasteiger partial charge in [-0.2, -0.15) is 0 Å². The molecule has 2 nitrogen and oxygen atoms in total. The van der Waals surface area contributed by atoms with Gasteiger partial charge in [0.05, 0.1) is 11.6 Å². The van der Waals surface area contributed by atoms with Gasteiger partial charge in [0.15, 0.2) is 0 Å². The summed E-state index contributed by atoms with van der Waals surface area (Å²) in [5.41, 5.74) is 1.12. The lowest BCUT2D eigenvalue weighted by molar-refractivity contribution is 1.09. The third-order valence-electron chi connectivity index (χ3n) is 2.29. The number of benzene rings is 1. The van der Waals surface area contributed by atoms with Crippen LogP contribution in [0.5, 0.6) is 0 Å². The number of hydrogen-bond donors (Lipinski definition) is 1. The minimum atomic E-state index is 0.830. The molecular formula is C12H12BrIN2S. The summed E-state index contributed by atoms with van der Waals surface area (Å²) >= 11 is 7.64. The number of halogens is 2. The maximum Gasteiger partial charge on any atom is 0.0925 e. The molecule has 0 unspecified atom stereocenters. The van der Waals surface area contributed by atoms with Crippen LogP contribution < -0.4 is 5.32 Å². The molecule has 0 saturated carbocycles. The quantitative estimate of drug-likeness (QED) is 0.723. The van der Waals surface area contributed by atoms with Crippen LogP contribution in [0.3, 0.4) is 0 Å². The van der Waals surface area contributed by atoms with E-state index in [0.29, 0.717) is 0 Å². The van der Waals surface area contributed by atoms with Crippen molar-refractivity contribution in [2.24, 2.45) is 0 Å². The second-order valence-corrected chi connectivity index (χ2v) is 6.85. The molecule has 0 atom stereocenters. The van der Waals surface area contributed by atoms with Gasteiger partial charge >= 0.3 is 0 Å². The number of aryl methyl sites for hydroxylation is 1. The fourth-order valence-corrected chi connectivity index (χ4v) is 3.65. The van der Waals surface area contributed by atoms with Gasteiger partial charge in [0, 0.05) is 24.8 Å². The highest BCUT2D eigenvalue weighted by molar-refractivity contribution is 14.1.